The van der Waals surface area contributed by atoms with Crippen molar-refractivity contribution >= 4 is 11.9 Å². The molecule has 3 aromatic rings. The van der Waals surface area contributed by atoms with Crippen LogP contribution in [0.2, 0.25) is 0 Å². The van der Waals surface area contributed by atoms with E-state index in [0.717, 1.165) is 5.56 Å². The van der Waals surface area contributed by atoms with Gasteiger partial charge < -0.3 is 15.2 Å². The lowest BCUT2D eigenvalue weighted by Crippen LogP contribution is -2.39. The van der Waals surface area contributed by atoms with Gasteiger partial charge in [-0.25, -0.2) is 15.0 Å². The number of amides is 1. The Bertz CT molecular complexity index is 1030. The Balaban J connectivity index is 1.62. The SMILES string of the molecule is CNc1ncc(C(=O)N2CCc3c(nc(-c4cccnc4)[nH]c3=O)C2)cn1. The van der Waals surface area contributed by atoms with Crippen LogP contribution in [0.5, 0.6) is 0 Å². The highest BCUT2D eigenvalue weighted by Gasteiger charge is 2.25. The van der Waals surface area contributed by atoms with Crippen molar-refractivity contribution < 1.29 is 4.79 Å². The summed E-state index contributed by atoms with van der Waals surface area (Å²) in [5, 5.41) is 2.81. The second-order valence-electron chi connectivity index (χ2n) is 6.10. The van der Waals surface area contributed by atoms with Crippen LogP contribution in [0.4, 0.5) is 5.95 Å². The third kappa shape index (κ3) is 3.26. The summed E-state index contributed by atoms with van der Waals surface area (Å²) in [6.07, 6.45) is 6.72. The zero-order valence-corrected chi connectivity index (χ0v) is 14.6. The molecule has 0 bridgehead atoms. The number of carbonyl (C=O) groups is 1. The van der Waals surface area contributed by atoms with Crippen molar-refractivity contribution in [2.24, 2.45) is 0 Å². The summed E-state index contributed by atoms with van der Waals surface area (Å²) in [4.78, 5) is 46.4. The molecule has 27 heavy (non-hydrogen) atoms. The zero-order chi connectivity index (χ0) is 18.8. The highest BCUT2D eigenvalue weighted by Crippen LogP contribution is 2.19. The van der Waals surface area contributed by atoms with Gasteiger partial charge in [-0.05, 0) is 18.6 Å². The smallest absolute Gasteiger partial charge is 0.257 e. The van der Waals surface area contributed by atoms with E-state index >= 15 is 0 Å². The molecule has 0 spiro atoms. The molecular weight excluding hydrogens is 346 g/mol. The Hall–Kier alpha value is -3.62. The van der Waals surface area contributed by atoms with Gasteiger partial charge in [0, 0.05) is 49.5 Å². The molecular formula is C18H17N7O2. The molecule has 0 aliphatic carbocycles. The predicted molar refractivity (Wildman–Crippen MR) is 98.1 cm³/mol. The number of nitrogens with zero attached hydrogens (tertiary/aromatic N) is 5. The van der Waals surface area contributed by atoms with Crippen molar-refractivity contribution in [2.45, 2.75) is 13.0 Å². The number of H-pyrrole nitrogens is 1. The molecule has 1 aliphatic heterocycles. The molecule has 0 fully saturated rings. The van der Waals surface area contributed by atoms with Crippen molar-refractivity contribution in [3.05, 3.63) is 64.1 Å². The maximum Gasteiger partial charge on any atom is 0.257 e. The molecule has 4 heterocycles. The van der Waals surface area contributed by atoms with Crippen LogP contribution in [0.15, 0.2) is 41.7 Å². The lowest BCUT2D eigenvalue weighted by molar-refractivity contribution is 0.0730. The largest absolute Gasteiger partial charge is 0.357 e. The van der Waals surface area contributed by atoms with Crippen molar-refractivity contribution in [3.8, 4) is 11.4 Å². The van der Waals surface area contributed by atoms with E-state index in [1.165, 1.54) is 12.4 Å². The number of nitrogens with one attached hydrogen (secondary N) is 2. The quantitative estimate of drug-likeness (QED) is 0.709. The number of aromatic nitrogens is 5. The standard InChI is InChI=1S/C18H17N7O2/c1-19-18-21-8-12(9-22-18)17(27)25-6-4-13-14(10-25)23-15(24-16(13)26)11-3-2-5-20-7-11/h2-3,5,7-9H,4,6,10H2,1H3,(H,19,21,22)(H,23,24,26). The van der Waals surface area contributed by atoms with Gasteiger partial charge in [0.1, 0.15) is 5.82 Å². The first kappa shape index (κ1) is 16.8. The number of rotatable bonds is 3. The molecule has 3 aromatic heterocycles. The van der Waals surface area contributed by atoms with Gasteiger partial charge in [0.15, 0.2) is 0 Å². The summed E-state index contributed by atoms with van der Waals surface area (Å²) in [6.45, 7) is 0.704. The maximum atomic E-state index is 12.8. The van der Waals surface area contributed by atoms with E-state index in [9.17, 15) is 9.59 Å². The monoisotopic (exact) mass is 363 g/mol. The van der Waals surface area contributed by atoms with Crippen LogP contribution in [0.3, 0.4) is 0 Å². The Morgan fingerprint density at radius 1 is 1.26 bits per heavy atom. The van der Waals surface area contributed by atoms with Gasteiger partial charge in [0.05, 0.1) is 17.8 Å². The normalized spacial score (nSPS) is 13.1. The first-order chi connectivity index (χ1) is 13.2. The van der Waals surface area contributed by atoms with Gasteiger partial charge in [0.25, 0.3) is 11.5 Å². The summed E-state index contributed by atoms with van der Waals surface area (Å²) in [7, 11) is 1.71. The second-order valence-corrected chi connectivity index (χ2v) is 6.10. The summed E-state index contributed by atoms with van der Waals surface area (Å²) in [5.41, 5.74) is 2.16. The average Bonchev–Trinajstić information content (AvgIpc) is 2.73. The molecule has 0 atom stereocenters. The van der Waals surface area contributed by atoms with Crippen molar-refractivity contribution in [1.82, 2.24) is 29.8 Å². The second kappa shape index (κ2) is 6.94. The maximum absolute atomic E-state index is 12.8. The summed E-state index contributed by atoms with van der Waals surface area (Å²) < 4.78 is 0. The third-order valence-electron chi connectivity index (χ3n) is 4.42. The molecule has 0 saturated carbocycles. The molecule has 9 nitrogen and oxygen atoms in total. The minimum Gasteiger partial charge on any atom is -0.357 e. The van der Waals surface area contributed by atoms with Crippen molar-refractivity contribution in [3.63, 3.8) is 0 Å². The lowest BCUT2D eigenvalue weighted by atomic mass is 10.1. The summed E-state index contributed by atoms with van der Waals surface area (Å²) >= 11 is 0. The fraction of sp³-hybridized carbons (Fsp3) is 0.222. The Labute approximate surface area is 154 Å². The van der Waals surface area contributed by atoms with Crippen LogP contribution in [-0.4, -0.2) is 49.3 Å². The summed E-state index contributed by atoms with van der Waals surface area (Å²) in [5.74, 6) is 0.709. The van der Waals surface area contributed by atoms with Gasteiger partial charge in [-0.3, -0.25) is 14.6 Å². The molecule has 4 rings (SSSR count). The molecule has 0 unspecified atom stereocenters. The minimum absolute atomic E-state index is 0.173. The molecule has 9 heteroatoms. The number of aromatic amines is 1. The molecule has 2 N–H and O–H groups in total. The fourth-order valence-electron chi connectivity index (χ4n) is 3.00. The Morgan fingerprint density at radius 3 is 2.78 bits per heavy atom. The fourth-order valence-corrected chi connectivity index (χ4v) is 3.00. The number of carbonyl (C=O) groups excluding carboxylic acids is 1. The third-order valence-corrected chi connectivity index (χ3v) is 4.42. The molecule has 1 aliphatic rings. The lowest BCUT2D eigenvalue weighted by Gasteiger charge is -2.27. The van der Waals surface area contributed by atoms with E-state index in [2.05, 4.69) is 30.2 Å². The van der Waals surface area contributed by atoms with Gasteiger partial charge in [-0.1, -0.05) is 0 Å². The van der Waals surface area contributed by atoms with Crippen LogP contribution < -0.4 is 10.9 Å². The van der Waals surface area contributed by atoms with Crippen LogP contribution >= 0.6 is 0 Å². The van der Waals surface area contributed by atoms with Crippen molar-refractivity contribution in [1.29, 1.82) is 0 Å². The summed E-state index contributed by atoms with van der Waals surface area (Å²) in [6, 6.07) is 3.60. The highest BCUT2D eigenvalue weighted by atomic mass is 16.2. The first-order valence-electron chi connectivity index (χ1n) is 8.47. The average molecular weight is 363 g/mol. The Kier molecular flexibility index (Phi) is 4.33. The van der Waals surface area contributed by atoms with E-state index in [1.807, 2.05) is 6.07 Å². The van der Waals surface area contributed by atoms with E-state index < -0.39 is 0 Å². The molecule has 0 saturated heterocycles. The highest BCUT2D eigenvalue weighted by molar-refractivity contribution is 5.93. The zero-order valence-electron chi connectivity index (χ0n) is 14.6. The number of fused-ring (bicyclic) bond motifs is 1. The van der Waals surface area contributed by atoms with E-state index in [4.69, 9.17) is 0 Å². The van der Waals surface area contributed by atoms with Crippen LogP contribution in [0, 0.1) is 0 Å². The molecule has 0 radical (unpaired) electrons. The van der Waals surface area contributed by atoms with E-state index in [1.54, 1.807) is 30.4 Å². The van der Waals surface area contributed by atoms with Crippen LogP contribution in [-0.2, 0) is 13.0 Å². The molecule has 136 valence electrons. The number of hydrogen-bond acceptors (Lipinski definition) is 7. The number of pyridine rings is 1. The van der Waals surface area contributed by atoms with Gasteiger partial charge in [-0.15, -0.1) is 0 Å². The number of hydrogen-bond donors (Lipinski definition) is 2. The predicted octanol–water partition coefficient (Wildman–Crippen LogP) is 0.862. The van der Waals surface area contributed by atoms with Crippen LogP contribution in [0.1, 0.15) is 21.6 Å². The van der Waals surface area contributed by atoms with Gasteiger partial charge in [-0.2, -0.15) is 0 Å². The minimum atomic E-state index is -0.187. The topological polar surface area (TPSA) is 117 Å². The van der Waals surface area contributed by atoms with E-state index in [0.29, 0.717) is 41.6 Å². The van der Waals surface area contributed by atoms with Crippen molar-refractivity contribution in [2.75, 3.05) is 18.9 Å². The van der Waals surface area contributed by atoms with Gasteiger partial charge >= 0.3 is 0 Å². The molecule has 1 amide bonds. The number of anilines is 1. The van der Waals surface area contributed by atoms with E-state index in [-0.39, 0.29) is 18.0 Å². The molecule has 0 aromatic carbocycles. The van der Waals surface area contributed by atoms with Gasteiger partial charge in [0.2, 0.25) is 5.95 Å². The first-order valence-corrected chi connectivity index (χ1v) is 8.47. The Morgan fingerprint density at radius 2 is 2.07 bits per heavy atom. The van der Waals surface area contributed by atoms with Crippen LogP contribution in [0.25, 0.3) is 11.4 Å².